The van der Waals surface area contributed by atoms with Crippen molar-refractivity contribution in [2.75, 3.05) is 25.4 Å². The van der Waals surface area contributed by atoms with E-state index in [2.05, 4.69) is 0 Å². The molecule has 0 spiro atoms. The van der Waals surface area contributed by atoms with Crippen LogP contribution >= 0.6 is 0 Å². The van der Waals surface area contributed by atoms with Crippen LogP contribution in [0.4, 0.5) is 5.69 Å². The highest BCUT2D eigenvalue weighted by atomic mass is 16.5. The average molecular weight is 278 g/mol. The number of hydrogen-bond donors (Lipinski definition) is 1. The van der Waals surface area contributed by atoms with Crippen molar-refractivity contribution < 1.29 is 14.3 Å². The fraction of sp³-hybridized carbons (Fsp3) is 0.467. The first kappa shape index (κ1) is 16.0. The number of nitrogens with two attached hydrogens (primary N) is 1. The first-order valence-corrected chi connectivity index (χ1v) is 6.72. The topological polar surface area (TPSA) is 72.6 Å². The zero-order chi connectivity index (χ0) is 15.3. The highest BCUT2D eigenvalue weighted by Crippen LogP contribution is 2.18. The molecule has 0 atom stereocenters. The van der Waals surface area contributed by atoms with Crippen LogP contribution < -0.4 is 5.73 Å². The third-order valence-electron chi connectivity index (χ3n) is 3.28. The second-order valence-corrected chi connectivity index (χ2v) is 4.67. The van der Waals surface area contributed by atoms with Gasteiger partial charge < -0.3 is 15.4 Å². The van der Waals surface area contributed by atoms with E-state index in [-0.39, 0.29) is 12.5 Å². The van der Waals surface area contributed by atoms with Gasteiger partial charge in [0.05, 0.1) is 5.56 Å². The standard InChI is InChI=1S/C15H22N2O3/c1-5-17(6-2)14(18)9-20-15(19)12-8-13(16)11(4)7-10(12)3/h7-8H,5-6,9,16H2,1-4H3. The highest BCUT2D eigenvalue weighted by Gasteiger charge is 2.16. The van der Waals surface area contributed by atoms with E-state index >= 15 is 0 Å². The summed E-state index contributed by atoms with van der Waals surface area (Å²) < 4.78 is 5.06. The number of nitrogen functional groups attached to an aromatic ring is 1. The van der Waals surface area contributed by atoms with Gasteiger partial charge in [0.2, 0.25) is 0 Å². The Kier molecular flexibility index (Phi) is 5.55. The predicted molar refractivity (Wildman–Crippen MR) is 78.5 cm³/mol. The van der Waals surface area contributed by atoms with Gasteiger partial charge in [-0.3, -0.25) is 4.79 Å². The van der Waals surface area contributed by atoms with E-state index < -0.39 is 5.97 Å². The minimum absolute atomic E-state index is 0.193. The first-order valence-electron chi connectivity index (χ1n) is 6.72. The maximum atomic E-state index is 12.0. The molecule has 1 rings (SSSR count). The number of rotatable bonds is 5. The summed E-state index contributed by atoms with van der Waals surface area (Å²) in [5.74, 6) is -0.712. The van der Waals surface area contributed by atoms with Crippen molar-refractivity contribution in [3.05, 3.63) is 28.8 Å². The monoisotopic (exact) mass is 278 g/mol. The fourth-order valence-electron chi connectivity index (χ4n) is 1.96. The van der Waals surface area contributed by atoms with Crippen molar-refractivity contribution in [2.24, 2.45) is 0 Å². The molecule has 0 bridgehead atoms. The summed E-state index contributed by atoms with van der Waals surface area (Å²) in [6.45, 7) is 8.42. The molecule has 1 aromatic carbocycles. The van der Waals surface area contributed by atoms with Gasteiger partial charge in [0.15, 0.2) is 6.61 Å². The molecule has 0 fully saturated rings. The van der Waals surface area contributed by atoms with E-state index in [1.807, 2.05) is 33.8 Å². The van der Waals surface area contributed by atoms with Crippen LogP contribution in [0.15, 0.2) is 12.1 Å². The zero-order valence-corrected chi connectivity index (χ0v) is 12.5. The SMILES string of the molecule is CCN(CC)C(=O)COC(=O)c1cc(N)c(C)cc1C. The van der Waals surface area contributed by atoms with E-state index in [4.69, 9.17) is 10.5 Å². The molecule has 2 N–H and O–H groups in total. The number of benzene rings is 1. The molecule has 0 saturated heterocycles. The molecule has 0 unspecified atom stereocenters. The molecule has 110 valence electrons. The van der Waals surface area contributed by atoms with Crippen molar-refractivity contribution in [3.8, 4) is 0 Å². The summed E-state index contributed by atoms with van der Waals surface area (Å²) in [6.07, 6.45) is 0. The van der Waals surface area contributed by atoms with Crippen molar-refractivity contribution in [1.29, 1.82) is 0 Å². The molecule has 1 aromatic rings. The van der Waals surface area contributed by atoms with Crippen LogP contribution in [0.25, 0.3) is 0 Å². The van der Waals surface area contributed by atoms with Crippen molar-refractivity contribution in [3.63, 3.8) is 0 Å². The van der Waals surface area contributed by atoms with E-state index in [9.17, 15) is 9.59 Å². The molecule has 0 aliphatic heterocycles. The Morgan fingerprint density at radius 1 is 1.15 bits per heavy atom. The summed E-state index contributed by atoms with van der Waals surface area (Å²) in [6, 6.07) is 3.42. The van der Waals surface area contributed by atoms with Gasteiger partial charge in [-0.1, -0.05) is 6.07 Å². The molecule has 0 saturated carbocycles. The Morgan fingerprint density at radius 3 is 2.30 bits per heavy atom. The number of carbonyl (C=O) groups excluding carboxylic acids is 2. The molecular formula is C15H22N2O3. The van der Waals surface area contributed by atoms with Crippen molar-refractivity contribution in [1.82, 2.24) is 4.90 Å². The van der Waals surface area contributed by atoms with Gasteiger partial charge in [0.25, 0.3) is 5.91 Å². The third-order valence-corrected chi connectivity index (χ3v) is 3.28. The number of hydrogen-bond acceptors (Lipinski definition) is 4. The normalized spacial score (nSPS) is 10.2. The molecular weight excluding hydrogens is 256 g/mol. The first-order chi connectivity index (χ1) is 9.40. The number of nitrogens with zero attached hydrogens (tertiary/aromatic N) is 1. The molecule has 0 radical (unpaired) electrons. The lowest BCUT2D eigenvalue weighted by molar-refractivity contribution is -0.134. The number of aryl methyl sites for hydroxylation is 2. The summed E-state index contributed by atoms with van der Waals surface area (Å²) in [5, 5.41) is 0. The maximum Gasteiger partial charge on any atom is 0.338 e. The highest BCUT2D eigenvalue weighted by molar-refractivity contribution is 5.93. The molecule has 0 aromatic heterocycles. The Bertz CT molecular complexity index is 508. The minimum atomic E-state index is -0.519. The number of likely N-dealkylation sites (N-methyl/N-ethyl adjacent to an activating group) is 1. The van der Waals surface area contributed by atoms with E-state index in [0.29, 0.717) is 24.3 Å². The number of amides is 1. The molecule has 5 nitrogen and oxygen atoms in total. The van der Waals surface area contributed by atoms with Crippen LogP contribution in [0.2, 0.25) is 0 Å². The largest absolute Gasteiger partial charge is 0.452 e. The lowest BCUT2D eigenvalue weighted by atomic mass is 10.0. The average Bonchev–Trinajstić information content (AvgIpc) is 2.41. The number of esters is 1. The minimum Gasteiger partial charge on any atom is -0.452 e. The zero-order valence-electron chi connectivity index (χ0n) is 12.5. The van der Waals surface area contributed by atoms with Gasteiger partial charge >= 0.3 is 5.97 Å². The molecule has 0 aliphatic rings. The summed E-state index contributed by atoms with van der Waals surface area (Å²) in [4.78, 5) is 25.4. The van der Waals surface area contributed by atoms with Crippen LogP contribution in [0.1, 0.15) is 35.3 Å². The lowest BCUT2D eigenvalue weighted by Gasteiger charge is -2.18. The van der Waals surface area contributed by atoms with Gasteiger partial charge in [-0.05, 0) is 44.9 Å². The molecule has 1 amide bonds. The number of ether oxygens (including phenoxy) is 1. The van der Waals surface area contributed by atoms with Gasteiger partial charge in [-0.25, -0.2) is 4.79 Å². The quantitative estimate of drug-likeness (QED) is 0.659. The van der Waals surface area contributed by atoms with Crippen LogP contribution in [0.3, 0.4) is 0 Å². The smallest absolute Gasteiger partial charge is 0.338 e. The van der Waals surface area contributed by atoms with Crippen LogP contribution in [0, 0.1) is 13.8 Å². The number of anilines is 1. The van der Waals surface area contributed by atoms with Crippen LogP contribution in [-0.4, -0.2) is 36.5 Å². The Morgan fingerprint density at radius 2 is 1.75 bits per heavy atom. The van der Waals surface area contributed by atoms with Crippen molar-refractivity contribution in [2.45, 2.75) is 27.7 Å². The summed E-state index contributed by atoms with van der Waals surface area (Å²) in [5.41, 5.74) is 8.44. The summed E-state index contributed by atoms with van der Waals surface area (Å²) >= 11 is 0. The van der Waals surface area contributed by atoms with E-state index in [0.717, 1.165) is 11.1 Å². The van der Waals surface area contributed by atoms with Crippen LogP contribution in [0.5, 0.6) is 0 Å². The maximum absolute atomic E-state index is 12.0. The van der Waals surface area contributed by atoms with Gasteiger partial charge in [-0.2, -0.15) is 0 Å². The van der Waals surface area contributed by atoms with E-state index in [1.165, 1.54) is 0 Å². The van der Waals surface area contributed by atoms with Crippen LogP contribution in [-0.2, 0) is 9.53 Å². The molecule has 0 heterocycles. The van der Waals surface area contributed by atoms with Gasteiger partial charge in [-0.15, -0.1) is 0 Å². The second-order valence-electron chi connectivity index (χ2n) is 4.67. The van der Waals surface area contributed by atoms with E-state index in [1.54, 1.807) is 11.0 Å². The Hall–Kier alpha value is -2.04. The summed E-state index contributed by atoms with van der Waals surface area (Å²) in [7, 11) is 0. The molecule has 20 heavy (non-hydrogen) atoms. The fourth-order valence-corrected chi connectivity index (χ4v) is 1.96. The predicted octanol–water partition coefficient (Wildman–Crippen LogP) is 1.91. The third kappa shape index (κ3) is 3.73. The van der Waals surface area contributed by atoms with Gasteiger partial charge in [0, 0.05) is 18.8 Å². The molecule has 0 aliphatic carbocycles. The lowest BCUT2D eigenvalue weighted by Crippen LogP contribution is -2.34. The Labute approximate surface area is 119 Å². The molecule has 5 heteroatoms. The van der Waals surface area contributed by atoms with Gasteiger partial charge in [0.1, 0.15) is 0 Å². The Balaban J connectivity index is 2.73. The van der Waals surface area contributed by atoms with Crippen molar-refractivity contribution >= 4 is 17.6 Å². The second kappa shape index (κ2) is 6.93. The number of carbonyl (C=O) groups is 2.